The van der Waals surface area contributed by atoms with Crippen molar-refractivity contribution in [1.29, 1.82) is 0 Å². The van der Waals surface area contributed by atoms with E-state index in [9.17, 15) is 9.90 Å². The number of aliphatic hydroxyl groups is 1. The summed E-state index contributed by atoms with van der Waals surface area (Å²) in [5.74, 6) is 0. The van der Waals surface area contributed by atoms with Gasteiger partial charge in [0.25, 0.3) is 0 Å². The predicted molar refractivity (Wildman–Crippen MR) is 71.1 cm³/mol. The molecule has 4 nitrogen and oxygen atoms in total. The van der Waals surface area contributed by atoms with Gasteiger partial charge in [-0.25, -0.2) is 4.79 Å². The van der Waals surface area contributed by atoms with Crippen LogP contribution in [0.15, 0.2) is 12.1 Å². The molecule has 1 saturated heterocycles. The van der Waals surface area contributed by atoms with Crippen LogP contribution in [-0.4, -0.2) is 35.8 Å². The van der Waals surface area contributed by atoms with E-state index in [0.29, 0.717) is 36.9 Å². The van der Waals surface area contributed by atoms with Gasteiger partial charge in [-0.15, -0.1) is 11.3 Å². The molecule has 2 heterocycles. The van der Waals surface area contributed by atoms with Gasteiger partial charge in [0.05, 0.1) is 10.9 Å². The molecule has 0 saturated carbocycles. The van der Waals surface area contributed by atoms with Crippen LogP contribution in [0.3, 0.4) is 0 Å². The molecule has 100 valence electrons. The van der Waals surface area contributed by atoms with Crippen molar-refractivity contribution < 1.29 is 14.6 Å². The Labute approximate surface area is 115 Å². The number of nitrogens with zero attached hydrogens (tertiary/aromatic N) is 1. The van der Waals surface area contributed by atoms with Gasteiger partial charge in [0.2, 0.25) is 0 Å². The highest BCUT2D eigenvalue weighted by Crippen LogP contribution is 2.38. The Morgan fingerprint density at radius 1 is 1.56 bits per heavy atom. The Morgan fingerprint density at radius 2 is 2.22 bits per heavy atom. The lowest BCUT2D eigenvalue weighted by Crippen LogP contribution is -2.45. The second-order valence-electron chi connectivity index (χ2n) is 4.32. The van der Waals surface area contributed by atoms with Gasteiger partial charge in [-0.2, -0.15) is 0 Å². The first-order chi connectivity index (χ1) is 8.55. The number of piperidine rings is 1. The number of hydrogen-bond acceptors (Lipinski definition) is 4. The van der Waals surface area contributed by atoms with Gasteiger partial charge >= 0.3 is 6.09 Å². The number of rotatable bonds is 2. The Bertz CT molecular complexity index is 427. The second-order valence-corrected chi connectivity index (χ2v) is 6.04. The van der Waals surface area contributed by atoms with Crippen LogP contribution < -0.4 is 0 Å². The van der Waals surface area contributed by atoms with Gasteiger partial charge in [-0.3, -0.25) is 0 Å². The van der Waals surface area contributed by atoms with E-state index in [1.807, 2.05) is 6.07 Å². The van der Waals surface area contributed by atoms with Crippen LogP contribution in [0.1, 0.15) is 24.6 Å². The van der Waals surface area contributed by atoms with Crippen LogP contribution in [-0.2, 0) is 10.3 Å². The number of carbonyl (C=O) groups is 1. The first-order valence-electron chi connectivity index (χ1n) is 5.95. The molecule has 0 aromatic carbocycles. The van der Waals surface area contributed by atoms with Crippen molar-refractivity contribution in [2.45, 2.75) is 25.4 Å². The van der Waals surface area contributed by atoms with Gasteiger partial charge in [0, 0.05) is 18.0 Å². The summed E-state index contributed by atoms with van der Waals surface area (Å²) in [6.45, 7) is 3.17. The summed E-state index contributed by atoms with van der Waals surface area (Å²) >= 11 is 7.28. The fourth-order valence-electron chi connectivity index (χ4n) is 2.08. The van der Waals surface area contributed by atoms with Crippen LogP contribution in [0.2, 0.25) is 4.34 Å². The van der Waals surface area contributed by atoms with Crippen molar-refractivity contribution in [3.8, 4) is 0 Å². The molecule has 2 rings (SSSR count). The molecular formula is C12H16ClNO3S. The van der Waals surface area contributed by atoms with E-state index in [-0.39, 0.29) is 6.09 Å². The zero-order valence-corrected chi connectivity index (χ0v) is 11.8. The zero-order chi connectivity index (χ0) is 13.2. The molecule has 18 heavy (non-hydrogen) atoms. The fourth-order valence-corrected chi connectivity index (χ4v) is 3.27. The molecule has 1 amide bonds. The van der Waals surface area contributed by atoms with Gasteiger partial charge in [-0.05, 0) is 31.9 Å². The average molecular weight is 290 g/mol. The number of thiophene rings is 1. The summed E-state index contributed by atoms with van der Waals surface area (Å²) in [7, 11) is 0. The Kier molecular flexibility index (Phi) is 4.14. The average Bonchev–Trinajstić information content (AvgIpc) is 2.78. The second kappa shape index (κ2) is 5.47. The highest BCUT2D eigenvalue weighted by atomic mass is 35.5. The lowest BCUT2D eigenvalue weighted by atomic mass is 9.90. The lowest BCUT2D eigenvalue weighted by molar-refractivity contribution is -0.0216. The maximum atomic E-state index is 11.6. The van der Waals surface area contributed by atoms with Gasteiger partial charge in [0.15, 0.2) is 0 Å². The number of carbonyl (C=O) groups excluding carboxylic acids is 1. The van der Waals surface area contributed by atoms with Crippen molar-refractivity contribution in [3.63, 3.8) is 0 Å². The number of halogens is 1. The summed E-state index contributed by atoms with van der Waals surface area (Å²) in [5, 5.41) is 10.6. The first kappa shape index (κ1) is 13.6. The van der Waals surface area contributed by atoms with Gasteiger partial charge in [0.1, 0.15) is 5.60 Å². The standard InChI is InChI=1S/C12H16ClNO3S/c1-2-17-11(15)14-7-5-12(16,6-8-14)9-3-4-10(13)18-9/h3-4,16H,2,5-8H2,1H3. The van der Waals surface area contributed by atoms with Crippen LogP contribution in [0, 0.1) is 0 Å². The number of hydrogen-bond donors (Lipinski definition) is 1. The van der Waals surface area contributed by atoms with E-state index >= 15 is 0 Å². The quantitative estimate of drug-likeness (QED) is 0.911. The van der Waals surface area contributed by atoms with Crippen molar-refractivity contribution in [2.75, 3.05) is 19.7 Å². The Balaban J connectivity index is 1.99. The molecule has 0 spiro atoms. The van der Waals surface area contributed by atoms with Gasteiger partial charge < -0.3 is 14.7 Å². The number of likely N-dealkylation sites (tertiary alicyclic amines) is 1. The minimum absolute atomic E-state index is 0.302. The molecule has 0 unspecified atom stereocenters. The highest BCUT2D eigenvalue weighted by molar-refractivity contribution is 7.16. The van der Waals surface area contributed by atoms with E-state index in [4.69, 9.17) is 16.3 Å². The largest absolute Gasteiger partial charge is 0.450 e. The maximum absolute atomic E-state index is 11.6. The van der Waals surface area contributed by atoms with Crippen molar-refractivity contribution in [2.24, 2.45) is 0 Å². The smallest absolute Gasteiger partial charge is 0.409 e. The summed E-state index contributed by atoms with van der Waals surface area (Å²) in [4.78, 5) is 14.1. The molecule has 0 radical (unpaired) electrons. The Hall–Kier alpha value is -0.780. The van der Waals surface area contributed by atoms with Crippen LogP contribution in [0.4, 0.5) is 4.79 Å². The van der Waals surface area contributed by atoms with Crippen molar-refractivity contribution in [1.82, 2.24) is 4.90 Å². The minimum atomic E-state index is -0.860. The predicted octanol–water partition coefficient (Wildman–Crippen LogP) is 2.84. The molecule has 1 aromatic rings. The summed E-state index contributed by atoms with van der Waals surface area (Å²) in [6.07, 6.45) is 0.731. The fraction of sp³-hybridized carbons (Fsp3) is 0.583. The summed E-state index contributed by atoms with van der Waals surface area (Å²) in [6, 6.07) is 3.64. The van der Waals surface area contributed by atoms with Gasteiger partial charge in [-0.1, -0.05) is 11.6 Å². The third-order valence-electron chi connectivity index (χ3n) is 3.15. The van der Waals surface area contributed by atoms with Crippen molar-refractivity contribution in [3.05, 3.63) is 21.3 Å². The SMILES string of the molecule is CCOC(=O)N1CCC(O)(c2ccc(Cl)s2)CC1. The topological polar surface area (TPSA) is 49.8 Å². The highest BCUT2D eigenvalue weighted by Gasteiger charge is 2.36. The zero-order valence-electron chi connectivity index (χ0n) is 10.2. The molecule has 6 heteroatoms. The van der Waals surface area contributed by atoms with E-state index in [2.05, 4.69) is 0 Å². The molecule has 0 bridgehead atoms. The van der Waals surface area contributed by atoms with Crippen molar-refractivity contribution >= 4 is 29.0 Å². The molecule has 1 N–H and O–H groups in total. The monoisotopic (exact) mass is 289 g/mol. The first-order valence-corrected chi connectivity index (χ1v) is 7.14. The molecule has 0 aliphatic carbocycles. The molecule has 1 fully saturated rings. The number of ether oxygens (including phenoxy) is 1. The third-order valence-corrected chi connectivity index (χ3v) is 4.57. The maximum Gasteiger partial charge on any atom is 0.409 e. The van der Waals surface area contributed by atoms with E-state index < -0.39 is 5.60 Å². The molecular weight excluding hydrogens is 274 g/mol. The lowest BCUT2D eigenvalue weighted by Gasteiger charge is -2.37. The number of amides is 1. The van der Waals surface area contributed by atoms with E-state index in [1.165, 1.54) is 11.3 Å². The summed E-state index contributed by atoms with van der Waals surface area (Å²) < 4.78 is 5.62. The van der Waals surface area contributed by atoms with E-state index in [0.717, 1.165) is 4.88 Å². The Morgan fingerprint density at radius 3 is 2.72 bits per heavy atom. The van der Waals surface area contributed by atoms with Crippen LogP contribution in [0.25, 0.3) is 0 Å². The normalized spacial score (nSPS) is 18.7. The van der Waals surface area contributed by atoms with Crippen LogP contribution in [0.5, 0.6) is 0 Å². The molecule has 0 atom stereocenters. The van der Waals surface area contributed by atoms with Crippen LogP contribution >= 0.6 is 22.9 Å². The van der Waals surface area contributed by atoms with E-state index in [1.54, 1.807) is 17.9 Å². The molecule has 1 aliphatic rings. The molecule has 1 aliphatic heterocycles. The summed E-state index contributed by atoms with van der Waals surface area (Å²) in [5.41, 5.74) is -0.860. The molecule has 1 aromatic heterocycles. The third kappa shape index (κ3) is 2.79. The minimum Gasteiger partial charge on any atom is -0.450 e.